The quantitative estimate of drug-likeness (QED) is 0.0168. The van der Waals surface area contributed by atoms with E-state index in [1.165, 1.54) is 5.40 Å². The van der Waals surface area contributed by atoms with Crippen LogP contribution in [0.25, 0.3) is 0 Å². The van der Waals surface area contributed by atoms with E-state index in [2.05, 4.69) is 29.8 Å². The summed E-state index contributed by atoms with van der Waals surface area (Å²) < 4.78 is 359. The second-order valence-electron chi connectivity index (χ2n) is 12.5. The number of alkyl halides is 29. The molecule has 0 saturated heterocycles. The number of hydrogen-bond acceptors (Lipinski definition) is 4. The van der Waals surface area contributed by atoms with Crippen LogP contribution in [0.2, 0.25) is 0 Å². The molecule has 0 radical (unpaired) electrons. The van der Waals surface area contributed by atoms with Crippen LogP contribution in [0, 0.1) is 22.5 Å². The zero-order valence-corrected chi connectivity index (χ0v) is 37.2. The maximum atomic E-state index is 13.9. The Balaban J connectivity index is -0.000000503. The van der Waals surface area contributed by atoms with Crippen LogP contribution in [0.5, 0.6) is 0 Å². The molecule has 34 heteroatoms. The smallest absolute Gasteiger partial charge is 0.696 e. The van der Waals surface area contributed by atoms with Gasteiger partial charge in [0.2, 0.25) is 0 Å². The summed E-state index contributed by atoms with van der Waals surface area (Å²) >= 11 is 9.52. The van der Waals surface area contributed by atoms with Crippen molar-refractivity contribution in [2.24, 2.45) is 16.8 Å². The van der Waals surface area contributed by atoms with Crippen molar-refractivity contribution in [3.63, 3.8) is 0 Å². The van der Waals surface area contributed by atoms with Crippen molar-refractivity contribution in [3.05, 3.63) is 0 Å². The van der Waals surface area contributed by atoms with Crippen molar-refractivity contribution in [1.82, 2.24) is 0 Å². The first-order chi connectivity index (χ1) is 26.7. The molecule has 0 amide bonds. The standard InChI is InChI=1S/C14H13F14NS.C13H13F14I.CHNS.K/c15-9(11(17,18)19,12(20,21)22)5-8(3-1-2-4-29-7-30)6-10(16,13(23,24)25)14(26,27)28;14-8(10(16,17)18,11(19,20)21)5-7(3-1-2-4-28)6-9(15,12(22,23)24)13(25,26)27;2-1-3;/h8H,1-6H2;7H,1-6H2;3H;/q;;;+1/p-1. The number of nitriles is 1. The zero-order chi connectivity index (χ0) is 49.8. The topological polar surface area (TPSA) is 36.1 Å². The number of hydrogen-bond donors (Lipinski definition) is 0. The van der Waals surface area contributed by atoms with E-state index in [0.717, 1.165) is 0 Å². The normalized spacial score (nSPS) is 14.2. The van der Waals surface area contributed by atoms with Crippen molar-refractivity contribution < 1.29 is 174 Å². The molecule has 0 unspecified atom stereocenters. The van der Waals surface area contributed by atoms with Crippen LogP contribution in [0.4, 0.5) is 123 Å². The molecule has 0 spiro atoms. The summed E-state index contributed by atoms with van der Waals surface area (Å²) in [4.78, 5) is 3.27. The van der Waals surface area contributed by atoms with Gasteiger partial charge in [0.25, 0.3) is 22.7 Å². The molecule has 0 aliphatic rings. The third kappa shape index (κ3) is 19.3. The Hall–Kier alpha value is -0.0836. The molecular formula is C28H26F28IKN2S2. The predicted molar refractivity (Wildman–Crippen MR) is 169 cm³/mol. The number of rotatable bonds is 17. The first-order valence-corrected chi connectivity index (χ1v) is 17.9. The van der Waals surface area contributed by atoms with Crippen LogP contribution in [-0.4, -0.2) is 88.2 Å². The fourth-order valence-corrected chi connectivity index (χ4v) is 5.54. The van der Waals surface area contributed by atoms with Crippen LogP contribution in [0.3, 0.4) is 0 Å². The first kappa shape index (κ1) is 68.5. The van der Waals surface area contributed by atoms with Gasteiger partial charge in [-0.3, -0.25) is 0 Å². The summed E-state index contributed by atoms with van der Waals surface area (Å²) in [5.74, 6) is -5.77. The SMILES string of the molecule is FC(F)(F)C(F)(CC(CCCCI)CC(F)(C(F)(F)F)C(F)(F)F)C(F)(F)F.FC(F)(F)C(F)(CC(CCCCN=C=S)CC(F)(C(F)(F)F)C(F)(F)F)C(F)(F)F.N#C[S-].[K+]. The third-order valence-electron chi connectivity index (χ3n) is 8.07. The van der Waals surface area contributed by atoms with Crippen molar-refractivity contribution >= 4 is 52.6 Å². The molecule has 2 nitrogen and oxygen atoms in total. The molecule has 62 heavy (non-hydrogen) atoms. The van der Waals surface area contributed by atoms with E-state index < -0.39 is 135 Å². The maximum absolute atomic E-state index is 13.9. The van der Waals surface area contributed by atoms with Crippen LogP contribution < -0.4 is 51.4 Å². The molecule has 0 fully saturated rings. The van der Waals surface area contributed by atoms with Gasteiger partial charge in [0.15, 0.2) is 0 Å². The summed E-state index contributed by atoms with van der Waals surface area (Å²) in [6.45, 7) is -0.255. The van der Waals surface area contributed by atoms with Gasteiger partial charge in [0.1, 0.15) is 0 Å². The summed E-state index contributed by atoms with van der Waals surface area (Å²) in [6, 6.07) is 0. The number of thiocyanates is 1. The van der Waals surface area contributed by atoms with Gasteiger partial charge in [-0.1, -0.05) is 53.7 Å². The fraction of sp³-hybridized carbons (Fsp3) is 0.929. The number of isothiocyanates is 1. The van der Waals surface area contributed by atoms with Crippen molar-refractivity contribution in [1.29, 1.82) is 5.26 Å². The van der Waals surface area contributed by atoms with Crippen LogP contribution in [0.1, 0.15) is 64.2 Å². The van der Waals surface area contributed by atoms with E-state index in [1.54, 1.807) is 27.8 Å². The molecule has 0 aromatic heterocycles. The predicted octanol–water partition coefficient (Wildman–Crippen LogP) is 12.0. The van der Waals surface area contributed by atoms with Gasteiger partial charge >= 0.3 is 101 Å². The molecule has 0 saturated carbocycles. The molecule has 0 aromatic rings. The molecule has 0 rings (SSSR count). The molecule has 0 bridgehead atoms. The van der Waals surface area contributed by atoms with Gasteiger partial charge in [-0.2, -0.15) is 105 Å². The van der Waals surface area contributed by atoms with Crippen LogP contribution in [0.15, 0.2) is 4.99 Å². The van der Waals surface area contributed by atoms with E-state index in [-0.39, 0.29) is 75.2 Å². The van der Waals surface area contributed by atoms with Crippen LogP contribution >= 0.6 is 34.8 Å². The van der Waals surface area contributed by atoms with Gasteiger partial charge in [-0.15, -0.1) is 0 Å². The summed E-state index contributed by atoms with van der Waals surface area (Å²) in [6.07, 6.45) is -68.6. The molecule has 0 aliphatic carbocycles. The number of thiocarbonyl (C=S) groups is 1. The minimum Gasteiger partial charge on any atom is -0.696 e. The second-order valence-corrected chi connectivity index (χ2v) is 13.9. The fourth-order valence-electron chi connectivity index (χ4n) is 4.91. The summed E-state index contributed by atoms with van der Waals surface area (Å²) in [5, 5.41) is 10.3. The molecular weight excluding hydrogens is 1130 g/mol. The average Bonchev–Trinajstić information content (AvgIpc) is 3.01. The van der Waals surface area contributed by atoms with E-state index in [9.17, 15) is 123 Å². The van der Waals surface area contributed by atoms with Crippen LogP contribution in [-0.2, 0) is 12.6 Å². The minimum atomic E-state index is -6.72. The molecule has 0 atom stereocenters. The minimum absolute atomic E-state index is 0. The molecule has 0 N–H and O–H groups in total. The van der Waals surface area contributed by atoms with E-state index in [0.29, 0.717) is 0 Å². The van der Waals surface area contributed by atoms with Gasteiger partial charge < -0.3 is 12.6 Å². The van der Waals surface area contributed by atoms with Gasteiger partial charge in [0, 0.05) is 32.2 Å². The Morgan fingerprint density at radius 2 is 0.629 bits per heavy atom. The summed E-state index contributed by atoms with van der Waals surface area (Å²) in [7, 11) is 0. The molecule has 0 aromatic carbocycles. The maximum Gasteiger partial charge on any atom is 1.00 e. The Bertz CT molecular complexity index is 1250. The van der Waals surface area contributed by atoms with E-state index in [1.807, 2.05) is 0 Å². The average molecular weight is 1150 g/mol. The van der Waals surface area contributed by atoms with E-state index in [4.69, 9.17) is 5.26 Å². The third-order valence-corrected chi connectivity index (χ3v) is 8.96. The number of unbranched alkanes of at least 4 members (excludes halogenated alkanes) is 2. The van der Waals surface area contributed by atoms with Gasteiger partial charge in [-0.25, -0.2) is 27.8 Å². The van der Waals surface area contributed by atoms with Crippen molar-refractivity contribution in [2.75, 3.05) is 11.0 Å². The van der Waals surface area contributed by atoms with Crippen molar-refractivity contribution in [3.8, 4) is 5.40 Å². The molecule has 0 heterocycles. The van der Waals surface area contributed by atoms with E-state index >= 15 is 0 Å². The zero-order valence-electron chi connectivity index (χ0n) is 30.3. The Morgan fingerprint density at radius 1 is 0.435 bits per heavy atom. The largest absolute Gasteiger partial charge is 1.00 e. The van der Waals surface area contributed by atoms with Gasteiger partial charge in [0.05, 0.1) is 5.16 Å². The number of halogens is 29. The monoisotopic (exact) mass is 1150 g/mol. The first-order valence-electron chi connectivity index (χ1n) is 15.6. The van der Waals surface area contributed by atoms with Gasteiger partial charge in [-0.05, 0) is 41.3 Å². The molecule has 364 valence electrons. The Kier molecular flexibility index (Phi) is 28.0. The second kappa shape index (κ2) is 25.3. The Morgan fingerprint density at radius 3 is 0.790 bits per heavy atom. The Labute approximate surface area is 398 Å². The number of aliphatic imine (C=N–C) groups is 1. The number of nitrogens with zero attached hydrogens (tertiary/aromatic N) is 2. The van der Waals surface area contributed by atoms with Crippen molar-refractivity contribution in [2.45, 2.75) is 136 Å². The molecule has 0 aliphatic heterocycles. The summed E-state index contributed by atoms with van der Waals surface area (Å²) in [5.41, 5.74) is -24.5.